The summed E-state index contributed by atoms with van der Waals surface area (Å²) in [6.07, 6.45) is 5.86. The van der Waals surface area contributed by atoms with Gasteiger partial charge in [0, 0.05) is 38.1 Å². The first kappa shape index (κ1) is 26.7. The summed E-state index contributed by atoms with van der Waals surface area (Å²) >= 11 is 0. The van der Waals surface area contributed by atoms with Gasteiger partial charge < -0.3 is 15.5 Å². The number of hydrogen-bond acceptors (Lipinski definition) is 2. The van der Waals surface area contributed by atoms with E-state index in [0.29, 0.717) is 11.9 Å². The third-order valence-electron chi connectivity index (χ3n) is 5.93. The Bertz CT molecular complexity index is 635. The fraction of sp³-hybridized carbons (Fsp3) is 0.667. The number of rotatable bonds is 9. The van der Waals surface area contributed by atoms with Crippen molar-refractivity contribution >= 4 is 35.8 Å². The molecular weight excluding hydrogens is 487 g/mol. The van der Waals surface area contributed by atoms with Crippen LogP contribution in [0.4, 0.5) is 0 Å². The molecule has 2 rings (SSSR count). The number of guanidine groups is 1. The van der Waals surface area contributed by atoms with Crippen LogP contribution in [0.1, 0.15) is 64.5 Å². The van der Waals surface area contributed by atoms with E-state index in [9.17, 15) is 4.79 Å². The Kier molecular flexibility index (Phi) is 13.1. The highest BCUT2D eigenvalue weighted by atomic mass is 127. The fourth-order valence-electron chi connectivity index (χ4n) is 3.89. The molecular formula is C24H41IN4O. The van der Waals surface area contributed by atoms with Crippen LogP contribution in [-0.4, -0.2) is 49.0 Å². The van der Waals surface area contributed by atoms with Gasteiger partial charge in [0.2, 0.25) is 5.91 Å². The molecule has 6 heteroatoms. The lowest BCUT2D eigenvalue weighted by Crippen LogP contribution is -2.50. The molecule has 0 saturated carbocycles. The van der Waals surface area contributed by atoms with Crippen molar-refractivity contribution in [2.45, 2.75) is 72.3 Å². The van der Waals surface area contributed by atoms with E-state index in [-0.39, 0.29) is 29.9 Å². The van der Waals surface area contributed by atoms with Crippen molar-refractivity contribution in [2.75, 3.05) is 26.2 Å². The third-order valence-corrected chi connectivity index (χ3v) is 5.93. The van der Waals surface area contributed by atoms with Crippen LogP contribution in [0, 0.1) is 5.92 Å². The molecule has 2 N–H and O–H groups in total. The minimum atomic E-state index is 0. The molecule has 30 heavy (non-hydrogen) atoms. The summed E-state index contributed by atoms with van der Waals surface area (Å²) in [7, 11) is 0. The number of hydrogen-bond donors (Lipinski definition) is 2. The monoisotopic (exact) mass is 528 g/mol. The molecule has 0 unspecified atom stereocenters. The predicted molar refractivity (Wildman–Crippen MR) is 138 cm³/mol. The first-order valence-corrected chi connectivity index (χ1v) is 11.5. The Labute approximate surface area is 200 Å². The maximum absolute atomic E-state index is 12.6. The second-order valence-corrected chi connectivity index (χ2v) is 7.94. The van der Waals surface area contributed by atoms with Gasteiger partial charge in [-0.05, 0) is 56.6 Å². The van der Waals surface area contributed by atoms with Crippen LogP contribution in [0.15, 0.2) is 29.3 Å². The molecule has 0 atom stereocenters. The lowest BCUT2D eigenvalue weighted by molar-refractivity contribution is -0.136. The van der Waals surface area contributed by atoms with E-state index in [1.165, 1.54) is 11.1 Å². The molecule has 1 aromatic rings. The standard InChI is InChI=1S/C24H40N4O.HI/c1-5-19-9-11-20(12-10-19)13-16-26-24(25-8-4)27-22-14-17-28(18-15-22)23(29)21(6-2)7-3;/h9-12,21-22H,5-8,13-18H2,1-4H3,(H2,25,26,27);1H. The van der Waals surface area contributed by atoms with Crippen molar-refractivity contribution in [1.29, 1.82) is 0 Å². The van der Waals surface area contributed by atoms with Gasteiger partial charge in [0.05, 0.1) is 0 Å². The Balaban J connectivity index is 0.00000450. The molecule has 5 nitrogen and oxygen atoms in total. The summed E-state index contributed by atoms with van der Waals surface area (Å²) < 4.78 is 0. The van der Waals surface area contributed by atoms with Crippen LogP contribution in [0.3, 0.4) is 0 Å². The van der Waals surface area contributed by atoms with E-state index in [0.717, 1.165) is 70.7 Å². The number of nitrogens with zero attached hydrogens (tertiary/aromatic N) is 2. The average Bonchev–Trinajstić information content (AvgIpc) is 2.75. The van der Waals surface area contributed by atoms with Crippen molar-refractivity contribution in [3.05, 3.63) is 35.4 Å². The number of likely N-dealkylation sites (tertiary alicyclic amines) is 1. The van der Waals surface area contributed by atoms with Crippen molar-refractivity contribution in [1.82, 2.24) is 15.5 Å². The van der Waals surface area contributed by atoms with Gasteiger partial charge in [0.1, 0.15) is 0 Å². The molecule has 1 saturated heterocycles. The van der Waals surface area contributed by atoms with Crippen molar-refractivity contribution in [3.8, 4) is 0 Å². The number of piperidine rings is 1. The molecule has 0 radical (unpaired) electrons. The number of carbonyl (C=O) groups excluding carboxylic acids is 1. The van der Waals surface area contributed by atoms with E-state index < -0.39 is 0 Å². The van der Waals surface area contributed by atoms with Crippen LogP contribution in [-0.2, 0) is 17.6 Å². The summed E-state index contributed by atoms with van der Waals surface area (Å²) in [4.78, 5) is 19.4. The lowest BCUT2D eigenvalue weighted by Gasteiger charge is -2.34. The smallest absolute Gasteiger partial charge is 0.225 e. The Morgan fingerprint density at radius 1 is 1.07 bits per heavy atom. The zero-order valence-electron chi connectivity index (χ0n) is 19.2. The molecule has 170 valence electrons. The van der Waals surface area contributed by atoms with Gasteiger partial charge in [-0.2, -0.15) is 0 Å². The lowest BCUT2D eigenvalue weighted by atomic mass is 9.98. The van der Waals surface area contributed by atoms with E-state index in [1.54, 1.807) is 0 Å². The van der Waals surface area contributed by atoms with Crippen molar-refractivity contribution < 1.29 is 4.79 Å². The van der Waals surface area contributed by atoms with Gasteiger partial charge in [-0.3, -0.25) is 9.79 Å². The number of benzene rings is 1. The zero-order valence-corrected chi connectivity index (χ0v) is 21.6. The average molecular weight is 529 g/mol. The maximum Gasteiger partial charge on any atom is 0.225 e. The highest BCUT2D eigenvalue weighted by Gasteiger charge is 2.26. The highest BCUT2D eigenvalue weighted by Crippen LogP contribution is 2.17. The molecule has 1 aliphatic rings. The van der Waals surface area contributed by atoms with Crippen LogP contribution in [0.5, 0.6) is 0 Å². The second-order valence-electron chi connectivity index (χ2n) is 7.94. The molecule has 1 amide bonds. The predicted octanol–water partition coefficient (Wildman–Crippen LogP) is 4.39. The summed E-state index contributed by atoms with van der Waals surface area (Å²) in [5, 5.41) is 6.94. The summed E-state index contributed by atoms with van der Waals surface area (Å²) in [6, 6.07) is 9.21. The first-order valence-electron chi connectivity index (χ1n) is 11.5. The number of aryl methyl sites for hydroxylation is 1. The Morgan fingerprint density at radius 2 is 1.67 bits per heavy atom. The first-order chi connectivity index (χ1) is 14.1. The maximum atomic E-state index is 12.6. The Morgan fingerprint density at radius 3 is 2.20 bits per heavy atom. The van der Waals surface area contributed by atoms with Crippen molar-refractivity contribution in [2.24, 2.45) is 10.9 Å². The largest absolute Gasteiger partial charge is 0.357 e. The SMILES string of the molecule is CCNC(=NCCc1ccc(CC)cc1)NC1CCN(C(=O)C(CC)CC)CC1.I. The minimum absolute atomic E-state index is 0. The second kappa shape index (κ2) is 14.7. The summed E-state index contributed by atoms with van der Waals surface area (Å²) in [5.41, 5.74) is 2.70. The number of aliphatic imine (C=N–C) groups is 1. The van der Waals surface area contributed by atoms with Crippen LogP contribution >= 0.6 is 24.0 Å². The summed E-state index contributed by atoms with van der Waals surface area (Å²) in [5.74, 6) is 1.41. The van der Waals surface area contributed by atoms with Gasteiger partial charge in [0.15, 0.2) is 5.96 Å². The third kappa shape index (κ3) is 8.44. The fourth-order valence-corrected chi connectivity index (χ4v) is 3.89. The van der Waals surface area contributed by atoms with E-state index in [2.05, 4.69) is 67.5 Å². The molecule has 0 aromatic heterocycles. The molecule has 0 spiro atoms. The van der Waals surface area contributed by atoms with Crippen LogP contribution in [0.25, 0.3) is 0 Å². The molecule has 1 aromatic carbocycles. The number of carbonyl (C=O) groups is 1. The number of nitrogens with one attached hydrogen (secondary N) is 2. The molecule has 1 heterocycles. The van der Waals surface area contributed by atoms with Gasteiger partial charge in [0.25, 0.3) is 0 Å². The van der Waals surface area contributed by atoms with Gasteiger partial charge >= 0.3 is 0 Å². The molecule has 0 aliphatic carbocycles. The van der Waals surface area contributed by atoms with Crippen LogP contribution in [0.2, 0.25) is 0 Å². The van der Waals surface area contributed by atoms with Crippen molar-refractivity contribution in [3.63, 3.8) is 0 Å². The normalized spacial score (nSPS) is 15.1. The quantitative estimate of drug-likeness (QED) is 0.284. The van der Waals surface area contributed by atoms with E-state index in [1.807, 2.05) is 0 Å². The minimum Gasteiger partial charge on any atom is -0.357 e. The van der Waals surface area contributed by atoms with Gasteiger partial charge in [-0.15, -0.1) is 24.0 Å². The molecule has 1 aliphatic heterocycles. The molecule has 0 bridgehead atoms. The Hall–Kier alpha value is -1.31. The van der Waals surface area contributed by atoms with E-state index in [4.69, 9.17) is 4.99 Å². The number of amides is 1. The van der Waals surface area contributed by atoms with E-state index >= 15 is 0 Å². The van der Waals surface area contributed by atoms with Gasteiger partial charge in [-0.25, -0.2) is 0 Å². The van der Waals surface area contributed by atoms with Crippen LogP contribution < -0.4 is 10.6 Å². The zero-order chi connectivity index (χ0) is 21.1. The number of halogens is 1. The van der Waals surface area contributed by atoms with Gasteiger partial charge in [-0.1, -0.05) is 45.0 Å². The summed E-state index contributed by atoms with van der Waals surface area (Å²) in [6.45, 7) is 11.8. The molecule has 1 fully saturated rings. The topological polar surface area (TPSA) is 56.7 Å². The highest BCUT2D eigenvalue weighted by molar-refractivity contribution is 14.0.